The second-order valence-corrected chi connectivity index (χ2v) is 9.49. The van der Waals surface area contributed by atoms with Gasteiger partial charge in [0.2, 0.25) is 0 Å². The number of fused-ring (bicyclic) bond motifs is 2. The van der Waals surface area contributed by atoms with Crippen molar-refractivity contribution in [3.05, 3.63) is 41.4 Å². The van der Waals surface area contributed by atoms with Gasteiger partial charge in [0.15, 0.2) is 0 Å². The van der Waals surface area contributed by atoms with Crippen LogP contribution in [0.3, 0.4) is 0 Å². The molecule has 0 aliphatic carbocycles. The van der Waals surface area contributed by atoms with Gasteiger partial charge in [-0.25, -0.2) is 4.98 Å². The number of anilines is 1. The highest BCUT2D eigenvalue weighted by atomic mass is 35.5. The third-order valence-corrected chi connectivity index (χ3v) is 6.54. The summed E-state index contributed by atoms with van der Waals surface area (Å²) in [6.07, 6.45) is 6.70. The SMILES string of the molecule is COc1ccc2nc3cc(Cl)ccc3c(NC(C)CCCN(CCCCN)CCCCN)c2c1.Cl.Cl.Cl.Cl. The van der Waals surface area contributed by atoms with E-state index in [9.17, 15) is 0 Å². The Morgan fingerprint density at radius 1 is 0.842 bits per heavy atom. The van der Waals surface area contributed by atoms with Crippen molar-refractivity contribution in [3.8, 4) is 5.75 Å². The van der Waals surface area contributed by atoms with Crippen LogP contribution in [0.4, 0.5) is 5.69 Å². The van der Waals surface area contributed by atoms with Crippen LogP contribution in [0.5, 0.6) is 5.75 Å². The highest BCUT2D eigenvalue weighted by molar-refractivity contribution is 6.31. The van der Waals surface area contributed by atoms with Crippen molar-refractivity contribution in [2.45, 2.75) is 51.5 Å². The van der Waals surface area contributed by atoms with Crippen molar-refractivity contribution < 1.29 is 4.74 Å². The van der Waals surface area contributed by atoms with Crippen molar-refractivity contribution in [2.24, 2.45) is 11.5 Å². The number of methoxy groups -OCH3 is 1. The summed E-state index contributed by atoms with van der Waals surface area (Å²) >= 11 is 6.27. The van der Waals surface area contributed by atoms with E-state index < -0.39 is 0 Å². The zero-order valence-corrected chi connectivity index (χ0v) is 26.3. The standard InChI is InChI=1S/C27H40ClN5O.4ClH/c1-20(8-7-17-33(15-5-3-13-29)16-6-4-14-30)31-27-23-11-9-21(28)18-26(23)32-25-12-10-22(34-2)19-24(25)27;;;;/h9-12,18-20H,3-8,13-17,29-30H2,1-2H3,(H,31,32);4*1H. The van der Waals surface area contributed by atoms with Gasteiger partial charge in [-0.1, -0.05) is 11.6 Å². The van der Waals surface area contributed by atoms with Gasteiger partial charge in [0.05, 0.1) is 23.8 Å². The molecule has 2 aromatic carbocycles. The Kier molecular flexibility index (Phi) is 21.5. The van der Waals surface area contributed by atoms with Crippen LogP contribution in [-0.4, -0.2) is 55.8 Å². The van der Waals surface area contributed by atoms with Crippen molar-refractivity contribution in [1.82, 2.24) is 9.88 Å². The largest absolute Gasteiger partial charge is 0.497 e. The molecule has 1 atom stereocenters. The number of hydrogen-bond acceptors (Lipinski definition) is 6. The molecule has 5 N–H and O–H groups in total. The Labute approximate surface area is 257 Å². The third kappa shape index (κ3) is 11.6. The predicted molar refractivity (Wildman–Crippen MR) is 175 cm³/mol. The monoisotopic (exact) mass is 629 g/mol. The first-order valence-electron chi connectivity index (χ1n) is 12.5. The molecule has 1 aromatic heterocycles. The van der Waals surface area contributed by atoms with Crippen LogP contribution in [0.25, 0.3) is 21.8 Å². The number of unbranched alkanes of at least 4 members (excludes halogenated alkanes) is 2. The lowest BCUT2D eigenvalue weighted by Crippen LogP contribution is -2.29. The zero-order valence-electron chi connectivity index (χ0n) is 22.3. The van der Waals surface area contributed by atoms with Gasteiger partial charge in [0.25, 0.3) is 0 Å². The molecule has 1 unspecified atom stereocenters. The van der Waals surface area contributed by atoms with E-state index in [1.807, 2.05) is 24.3 Å². The molecule has 0 radical (unpaired) electrons. The van der Waals surface area contributed by atoms with Crippen molar-refractivity contribution in [3.63, 3.8) is 0 Å². The molecular weight excluding hydrogens is 588 g/mol. The van der Waals surface area contributed by atoms with Crippen LogP contribution in [0.1, 0.15) is 45.4 Å². The first kappa shape index (κ1) is 39.2. The maximum Gasteiger partial charge on any atom is 0.119 e. The number of nitrogens with one attached hydrogen (secondary N) is 1. The highest BCUT2D eigenvalue weighted by Gasteiger charge is 2.14. The van der Waals surface area contributed by atoms with E-state index in [0.29, 0.717) is 11.1 Å². The number of benzene rings is 2. The maximum atomic E-state index is 6.27. The van der Waals surface area contributed by atoms with Crippen molar-refractivity contribution in [2.75, 3.05) is 45.2 Å². The van der Waals surface area contributed by atoms with Crippen LogP contribution in [0.15, 0.2) is 36.4 Å². The first-order chi connectivity index (χ1) is 16.5. The van der Waals surface area contributed by atoms with Crippen LogP contribution < -0.4 is 21.5 Å². The van der Waals surface area contributed by atoms with Crippen LogP contribution >= 0.6 is 61.2 Å². The quantitative estimate of drug-likeness (QED) is 0.123. The Morgan fingerprint density at radius 3 is 2.08 bits per heavy atom. The summed E-state index contributed by atoms with van der Waals surface area (Å²) in [4.78, 5) is 7.41. The van der Waals surface area contributed by atoms with E-state index in [4.69, 9.17) is 32.8 Å². The van der Waals surface area contributed by atoms with Gasteiger partial charge in [-0.05, 0) is 115 Å². The Bertz CT molecular complexity index is 1050. The maximum absolute atomic E-state index is 6.27. The zero-order chi connectivity index (χ0) is 24.3. The molecule has 11 heteroatoms. The molecule has 1 heterocycles. The van der Waals surface area contributed by atoms with Gasteiger partial charge in [-0.3, -0.25) is 0 Å². The molecule has 38 heavy (non-hydrogen) atoms. The second kappa shape index (κ2) is 20.9. The molecule has 6 nitrogen and oxygen atoms in total. The second-order valence-electron chi connectivity index (χ2n) is 9.05. The van der Waals surface area contributed by atoms with E-state index >= 15 is 0 Å². The summed E-state index contributed by atoms with van der Waals surface area (Å²) in [5.41, 5.74) is 14.3. The first-order valence-corrected chi connectivity index (χ1v) is 12.9. The van der Waals surface area contributed by atoms with Gasteiger partial charge in [-0.15, -0.1) is 49.6 Å². The minimum absolute atomic E-state index is 0. The van der Waals surface area contributed by atoms with E-state index in [1.54, 1.807) is 7.11 Å². The fourth-order valence-corrected chi connectivity index (χ4v) is 4.58. The van der Waals surface area contributed by atoms with Crippen LogP contribution in [0.2, 0.25) is 5.02 Å². The van der Waals surface area contributed by atoms with E-state index in [0.717, 1.165) is 104 Å². The molecule has 0 aliphatic heterocycles. The average Bonchev–Trinajstić information content (AvgIpc) is 2.83. The topological polar surface area (TPSA) is 89.4 Å². The molecule has 218 valence electrons. The Hall–Kier alpha value is -0.960. The van der Waals surface area contributed by atoms with E-state index in [-0.39, 0.29) is 49.6 Å². The Morgan fingerprint density at radius 2 is 1.47 bits per heavy atom. The molecule has 3 aromatic rings. The molecule has 3 rings (SSSR count). The minimum atomic E-state index is 0. The average molecular weight is 632 g/mol. The molecule has 0 fully saturated rings. The summed E-state index contributed by atoms with van der Waals surface area (Å²) in [5.74, 6) is 0.823. The lowest BCUT2D eigenvalue weighted by atomic mass is 10.1. The Balaban J connectivity index is 0. The number of hydrogen-bond donors (Lipinski definition) is 3. The number of nitrogens with two attached hydrogens (primary N) is 2. The predicted octanol–water partition coefficient (Wildman–Crippen LogP) is 7.10. The highest BCUT2D eigenvalue weighted by Crippen LogP contribution is 2.34. The summed E-state index contributed by atoms with van der Waals surface area (Å²) in [6, 6.07) is 12.2. The lowest BCUT2D eigenvalue weighted by molar-refractivity contribution is 0.257. The summed E-state index contributed by atoms with van der Waals surface area (Å²) in [7, 11) is 1.69. The van der Waals surface area contributed by atoms with Gasteiger partial charge >= 0.3 is 0 Å². The summed E-state index contributed by atoms with van der Waals surface area (Å²) in [5, 5.41) is 6.61. The third-order valence-electron chi connectivity index (χ3n) is 6.30. The molecule has 0 amide bonds. The number of ether oxygens (including phenoxy) is 1. The molecule has 0 saturated heterocycles. The molecule has 0 saturated carbocycles. The van der Waals surface area contributed by atoms with Crippen molar-refractivity contribution in [1.29, 1.82) is 0 Å². The number of halogens is 5. The van der Waals surface area contributed by atoms with Crippen LogP contribution in [0, 0.1) is 0 Å². The van der Waals surface area contributed by atoms with Gasteiger partial charge in [0, 0.05) is 21.8 Å². The van der Waals surface area contributed by atoms with Gasteiger partial charge < -0.3 is 26.4 Å². The summed E-state index contributed by atoms with van der Waals surface area (Å²) in [6.45, 7) is 7.11. The lowest BCUT2D eigenvalue weighted by Gasteiger charge is -2.24. The normalized spacial score (nSPS) is 11.2. The fraction of sp³-hybridized carbons (Fsp3) is 0.519. The molecule has 0 bridgehead atoms. The fourth-order valence-electron chi connectivity index (χ4n) is 4.41. The molecule has 0 spiro atoms. The van der Waals surface area contributed by atoms with E-state index in [1.165, 1.54) is 0 Å². The summed E-state index contributed by atoms with van der Waals surface area (Å²) < 4.78 is 5.49. The number of pyridine rings is 1. The smallest absolute Gasteiger partial charge is 0.119 e. The minimum Gasteiger partial charge on any atom is -0.497 e. The molecule has 0 aliphatic rings. The van der Waals surface area contributed by atoms with E-state index in [2.05, 4.69) is 29.3 Å². The number of aromatic nitrogens is 1. The molecular formula is C27H44Cl5N5O. The van der Waals surface area contributed by atoms with Crippen molar-refractivity contribution >= 4 is 88.7 Å². The van der Waals surface area contributed by atoms with Gasteiger partial charge in [-0.2, -0.15) is 0 Å². The number of rotatable bonds is 15. The number of nitrogens with zero attached hydrogens (tertiary/aromatic N) is 2. The van der Waals surface area contributed by atoms with Crippen LogP contribution in [-0.2, 0) is 0 Å². The van der Waals surface area contributed by atoms with Gasteiger partial charge in [0.1, 0.15) is 5.75 Å².